The lowest BCUT2D eigenvalue weighted by Crippen LogP contribution is -2.54. The van der Waals surface area contributed by atoms with Crippen LogP contribution in [0.15, 0.2) is 53.9 Å². The third kappa shape index (κ3) is 4.52. The summed E-state index contributed by atoms with van der Waals surface area (Å²) in [5, 5.41) is 5.40. The summed E-state index contributed by atoms with van der Waals surface area (Å²) in [6.07, 6.45) is 0. The number of para-hydroxylation sites is 1. The van der Waals surface area contributed by atoms with Crippen molar-refractivity contribution in [3.63, 3.8) is 0 Å². The van der Waals surface area contributed by atoms with Gasteiger partial charge in [-0.25, -0.2) is 4.98 Å². The van der Waals surface area contributed by atoms with E-state index in [1.807, 2.05) is 32.0 Å². The van der Waals surface area contributed by atoms with Crippen LogP contribution in [0.25, 0.3) is 10.9 Å². The molecular formula is C20H20N4O3S. The minimum Gasteiger partial charge on any atom is -0.339 e. The first-order chi connectivity index (χ1) is 13.5. The highest BCUT2D eigenvalue weighted by Crippen LogP contribution is 2.12. The van der Waals surface area contributed by atoms with Crippen molar-refractivity contribution in [3.05, 3.63) is 64.5 Å². The molecule has 0 saturated carbocycles. The largest absolute Gasteiger partial charge is 0.339 e. The van der Waals surface area contributed by atoms with E-state index in [4.69, 9.17) is 0 Å². The number of amides is 3. The molecule has 28 heavy (non-hydrogen) atoms. The van der Waals surface area contributed by atoms with Crippen molar-refractivity contribution in [1.29, 1.82) is 0 Å². The van der Waals surface area contributed by atoms with Crippen LogP contribution >= 0.6 is 11.3 Å². The quantitative estimate of drug-likeness (QED) is 0.577. The minimum atomic E-state index is -0.792. The fraction of sp³-hybridized carbons (Fsp3) is 0.200. The average Bonchev–Trinajstić information content (AvgIpc) is 3.24. The second kappa shape index (κ2) is 8.62. The van der Waals surface area contributed by atoms with Crippen LogP contribution in [0.3, 0.4) is 0 Å². The molecule has 1 aromatic carbocycles. The van der Waals surface area contributed by atoms with Gasteiger partial charge in [0.2, 0.25) is 0 Å². The van der Waals surface area contributed by atoms with E-state index < -0.39 is 17.9 Å². The fourth-order valence-corrected chi connectivity index (χ4v) is 3.23. The number of aromatic nitrogens is 1. The Hall–Kier alpha value is -3.26. The molecule has 7 nitrogen and oxygen atoms in total. The summed E-state index contributed by atoms with van der Waals surface area (Å²) in [7, 11) is 0. The monoisotopic (exact) mass is 396 g/mol. The molecule has 0 radical (unpaired) electrons. The molecule has 8 heteroatoms. The average molecular weight is 396 g/mol. The molecule has 0 aliphatic rings. The number of hydrogen-bond donors (Lipinski definition) is 3. The van der Waals surface area contributed by atoms with Gasteiger partial charge in [0.05, 0.1) is 10.4 Å². The molecule has 0 aliphatic heterocycles. The molecule has 0 aliphatic carbocycles. The molecule has 0 fully saturated rings. The molecule has 3 amide bonds. The molecule has 3 aromatic rings. The van der Waals surface area contributed by atoms with Crippen LogP contribution in [0, 0.1) is 5.92 Å². The zero-order valence-electron chi connectivity index (χ0n) is 15.4. The number of carbonyl (C=O) groups is 3. The highest BCUT2D eigenvalue weighted by atomic mass is 32.1. The van der Waals surface area contributed by atoms with Crippen LogP contribution < -0.4 is 16.2 Å². The second-order valence-electron chi connectivity index (χ2n) is 6.51. The molecular weight excluding hydrogens is 376 g/mol. The Morgan fingerprint density at radius 2 is 1.71 bits per heavy atom. The van der Waals surface area contributed by atoms with E-state index in [1.165, 1.54) is 11.3 Å². The third-order valence-corrected chi connectivity index (χ3v) is 4.98. The van der Waals surface area contributed by atoms with Gasteiger partial charge in [0.15, 0.2) is 0 Å². The fourth-order valence-electron chi connectivity index (χ4n) is 2.61. The van der Waals surface area contributed by atoms with Crippen LogP contribution in [0.1, 0.15) is 34.0 Å². The van der Waals surface area contributed by atoms with E-state index >= 15 is 0 Å². The summed E-state index contributed by atoms with van der Waals surface area (Å²) in [6, 6.07) is 13.5. The van der Waals surface area contributed by atoms with Crippen molar-refractivity contribution >= 4 is 40.0 Å². The number of nitrogens with one attached hydrogen (secondary N) is 3. The van der Waals surface area contributed by atoms with Crippen LogP contribution in [0.4, 0.5) is 0 Å². The number of hydrazine groups is 1. The van der Waals surface area contributed by atoms with E-state index in [0.717, 1.165) is 5.39 Å². The van der Waals surface area contributed by atoms with Gasteiger partial charge in [0, 0.05) is 5.39 Å². The molecule has 2 aromatic heterocycles. The van der Waals surface area contributed by atoms with Crippen molar-refractivity contribution in [2.24, 2.45) is 5.92 Å². The lowest BCUT2D eigenvalue weighted by atomic mass is 10.0. The number of rotatable bonds is 5. The Bertz CT molecular complexity index is 1000. The van der Waals surface area contributed by atoms with Gasteiger partial charge in [0.1, 0.15) is 11.7 Å². The topological polar surface area (TPSA) is 100 Å². The van der Waals surface area contributed by atoms with E-state index in [9.17, 15) is 14.4 Å². The highest BCUT2D eigenvalue weighted by molar-refractivity contribution is 7.12. The molecule has 0 bridgehead atoms. The number of hydrogen-bond acceptors (Lipinski definition) is 5. The van der Waals surface area contributed by atoms with Crippen LogP contribution in [-0.4, -0.2) is 28.7 Å². The summed E-state index contributed by atoms with van der Waals surface area (Å²) in [4.78, 5) is 41.8. The van der Waals surface area contributed by atoms with Crippen molar-refractivity contribution in [1.82, 2.24) is 21.2 Å². The van der Waals surface area contributed by atoms with Gasteiger partial charge in [-0.15, -0.1) is 11.3 Å². The maximum absolute atomic E-state index is 12.5. The number of carbonyl (C=O) groups excluding carboxylic acids is 3. The van der Waals surface area contributed by atoms with Crippen LogP contribution in [0.5, 0.6) is 0 Å². The Balaban J connectivity index is 1.62. The Morgan fingerprint density at radius 1 is 0.929 bits per heavy atom. The number of benzene rings is 1. The van der Waals surface area contributed by atoms with Gasteiger partial charge in [-0.05, 0) is 29.5 Å². The number of thiophene rings is 1. The maximum atomic E-state index is 12.5. The normalized spacial score (nSPS) is 11.8. The predicted molar refractivity (Wildman–Crippen MR) is 108 cm³/mol. The number of nitrogens with zero attached hydrogens (tertiary/aromatic N) is 1. The molecule has 2 heterocycles. The number of pyridine rings is 1. The highest BCUT2D eigenvalue weighted by Gasteiger charge is 2.25. The summed E-state index contributed by atoms with van der Waals surface area (Å²) >= 11 is 1.29. The Labute approximate surface area is 166 Å². The van der Waals surface area contributed by atoms with Gasteiger partial charge in [-0.3, -0.25) is 25.2 Å². The first-order valence-electron chi connectivity index (χ1n) is 8.76. The van der Waals surface area contributed by atoms with Gasteiger partial charge in [0.25, 0.3) is 17.7 Å². The first-order valence-corrected chi connectivity index (χ1v) is 9.64. The first kappa shape index (κ1) is 19.5. The molecule has 3 rings (SSSR count). The molecule has 3 N–H and O–H groups in total. The minimum absolute atomic E-state index is 0.167. The molecule has 144 valence electrons. The molecule has 0 spiro atoms. The summed E-state index contributed by atoms with van der Waals surface area (Å²) < 4.78 is 0. The van der Waals surface area contributed by atoms with Crippen LogP contribution in [-0.2, 0) is 4.79 Å². The van der Waals surface area contributed by atoms with Gasteiger partial charge >= 0.3 is 0 Å². The van der Waals surface area contributed by atoms with Crippen molar-refractivity contribution in [3.8, 4) is 0 Å². The third-order valence-electron chi connectivity index (χ3n) is 4.11. The smallest absolute Gasteiger partial charge is 0.288 e. The van der Waals surface area contributed by atoms with E-state index in [-0.39, 0.29) is 17.5 Å². The van der Waals surface area contributed by atoms with Gasteiger partial charge in [-0.2, -0.15) is 0 Å². The predicted octanol–water partition coefficient (Wildman–Crippen LogP) is 2.51. The SMILES string of the molecule is CC(C)C(NC(=O)c1cccs1)C(=O)NNC(=O)c1ccc2ccccc2n1. The zero-order valence-corrected chi connectivity index (χ0v) is 16.2. The Morgan fingerprint density at radius 3 is 2.43 bits per heavy atom. The standard InChI is InChI=1S/C20H20N4O3S/c1-12(2)17(22-19(26)16-8-5-11-28-16)20(27)24-23-18(25)15-10-9-13-6-3-4-7-14(13)21-15/h3-12,17H,1-2H3,(H,22,26)(H,23,25)(H,24,27). The molecule has 1 atom stereocenters. The lowest BCUT2D eigenvalue weighted by molar-refractivity contribution is -0.124. The lowest BCUT2D eigenvalue weighted by Gasteiger charge is -2.21. The van der Waals surface area contributed by atoms with Gasteiger partial charge in [-0.1, -0.05) is 44.2 Å². The van der Waals surface area contributed by atoms with Crippen molar-refractivity contribution < 1.29 is 14.4 Å². The van der Waals surface area contributed by atoms with Crippen molar-refractivity contribution in [2.45, 2.75) is 19.9 Å². The maximum Gasteiger partial charge on any atom is 0.288 e. The van der Waals surface area contributed by atoms with Crippen LogP contribution in [0.2, 0.25) is 0 Å². The molecule has 0 saturated heterocycles. The van der Waals surface area contributed by atoms with Crippen molar-refractivity contribution in [2.75, 3.05) is 0 Å². The molecule has 1 unspecified atom stereocenters. The van der Waals surface area contributed by atoms with E-state index in [0.29, 0.717) is 10.4 Å². The van der Waals surface area contributed by atoms with E-state index in [1.54, 1.807) is 35.7 Å². The summed E-state index contributed by atoms with van der Waals surface area (Å²) in [5.74, 6) is -1.54. The van der Waals surface area contributed by atoms with E-state index in [2.05, 4.69) is 21.2 Å². The second-order valence-corrected chi connectivity index (χ2v) is 7.45. The summed E-state index contributed by atoms with van der Waals surface area (Å²) in [5.41, 5.74) is 5.60. The summed E-state index contributed by atoms with van der Waals surface area (Å²) in [6.45, 7) is 3.62. The Kier molecular flexibility index (Phi) is 6.00. The van der Waals surface area contributed by atoms with Gasteiger partial charge < -0.3 is 5.32 Å². The number of fused-ring (bicyclic) bond motifs is 1. The zero-order chi connectivity index (χ0) is 20.1.